The van der Waals surface area contributed by atoms with Crippen molar-refractivity contribution in [3.8, 4) is 11.6 Å². The second kappa shape index (κ2) is 5.46. The first kappa shape index (κ1) is 12.9. The van der Waals surface area contributed by atoms with E-state index < -0.39 is 0 Å². The zero-order chi connectivity index (χ0) is 13.9. The van der Waals surface area contributed by atoms with Crippen LogP contribution in [-0.2, 0) is 0 Å². The fraction of sp³-hybridized carbons (Fsp3) is 0.0667. The number of aromatic nitrogens is 2. The molecule has 0 aliphatic rings. The third kappa shape index (κ3) is 2.72. The number of benzene rings is 2. The number of ether oxygens (including phenoxy) is 1. The van der Waals surface area contributed by atoms with E-state index in [1.54, 1.807) is 19.4 Å². The minimum absolute atomic E-state index is 0.466. The molecule has 0 fully saturated rings. The van der Waals surface area contributed by atoms with Gasteiger partial charge in [-0.15, -0.1) is 0 Å². The highest BCUT2D eigenvalue weighted by molar-refractivity contribution is 9.10. The van der Waals surface area contributed by atoms with E-state index in [9.17, 15) is 0 Å². The number of nitrogens with one attached hydrogen (secondary N) is 1. The molecular weight excluding hydrogens is 318 g/mol. The van der Waals surface area contributed by atoms with Crippen LogP contribution < -0.4 is 10.1 Å². The van der Waals surface area contributed by atoms with Crippen LogP contribution >= 0.6 is 15.9 Å². The number of fused-ring (bicyclic) bond motifs is 1. The van der Waals surface area contributed by atoms with Crippen LogP contribution in [0.4, 0.5) is 5.82 Å². The lowest BCUT2D eigenvalue weighted by molar-refractivity contribution is 0.461. The maximum absolute atomic E-state index is 5.73. The van der Waals surface area contributed by atoms with E-state index in [0.29, 0.717) is 11.7 Å². The molecule has 1 aromatic heterocycles. The van der Waals surface area contributed by atoms with Crippen LogP contribution in [0, 0.1) is 0 Å². The molecule has 0 bridgehead atoms. The van der Waals surface area contributed by atoms with Gasteiger partial charge in [-0.25, -0.2) is 0 Å². The van der Waals surface area contributed by atoms with Crippen molar-refractivity contribution in [2.75, 3.05) is 12.4 Å². The van der Waals surface area contributed by atoms with E-state index in [2.05, 4.69) is 37.3 Å². The lowest BCUT2D eigenvalue weighted by atomic mass is 10.1. The molecule has 0 radical (unpaired) electrons. The monoisotopic (exact) mass is 329 g/mol. The van der Waals surface area contributed by atoms with Crippen molar-refractivity contribution in [1.82, 2.24) is 9.97 Å². The van der Waals surface area contributed by atoms with Crippen molar-refractivity contribution in [3.63, 3.8) is 0 Å². The number of rotatable bonds is 3. The van der Waals surface area contributed by atoms with E-state index in [1.165, 1.54) is 0 Å². The van der Waals surface area contributed by atoms with Gasteiger partial charge in [-0.1, -0.05) is 28.1 Å². The summed E-state index contributed by atoms with van der Waals surface area (Å²) in [5.74, 6) is 1.88. The molecule has 5 heteroatoms. The van der Waals surface area contributed by atoms with Crippen LogP contribution in [0.25, 0.3) is 10.8 Å². The van der Waals surface area contributed by atoms with Crippen molar-refractivity contribution in [1.29, 1.82) is 0 Å². The maximum atomic E-state index is 5.73. The fourth-order valence-electron chi connectivity index (χ4n) is 1.90. The molecule has 0 saturated heterocycles. The van der Waals surface area contributed by atoms with Gasteiger partial charge in [-0.3, -0.25) is 4.98 Å². The Morgan fingerprint density at radius 2 is 1.85 bits per heavy atom. The molecule has 100 valence electrons. The Kier molecular flexibility index (Phi) is 3.52. The van der Waals surface area contributed by atoms with Gasteiger partial charge in [-0.05, 0) is 35.0 Å². The summed E-state index contributed by atoms with van der Waals surface area (Å²) in [7, 11) is 1.79. The van der Waals surface area contributed by atoms with Gasteiger partial charge in [0, 0.05) is 11.5 Å². The Balaban J connectivity index is 1.92. The second-order valence-electron chi connectivity index (χ2n) is 4.25. The average molecular weight is 330 g/mol. The normalized spacial score (nSPS) is 10.5. The molecule has 0 spiro atoms. The Morgan fingerprint density at radius 1 is 1.05 bits per heavy atom. The van der Waals surface area contributed by atoms with Crippen molar-refractivity contribution < 1.29 is 4.74 Å². The SMILES string of the molecule is CNc1cncc(Oc2ccc3cc(Br)ccc3c2)n1. The predicted octanol–water partition coefficient (Wildman–Crippen LogP) is 4.23. The highest BCUT2D eigenvalue weighted by Gasteiger charge is 2.02. The molecule has 0 aliphatic carbocycles. The van der Waals surface area contributed by atoms with E-state index in [4.69, 9.17) is 4.74 Å². The highest BCUT2D eigenvalue weighted by Crippen LogP contribution is 2.26. The number of hydrogen-bond donors (Lipinski definition) is 1. The van der Waals surface area contributed by atoms with Gasteiger partial charge in [0.05, 0.1) is 12.4 Å². The molecule has 0 atom stereocenters. The molecule has 0 unspecified atom stereocenters. The predicted molar refractivity (Wildman–Crippen MR) is 83.3 cm³/mol. The van der Waals surface area contributed by atoms with Crippen molar-refractivity contribution in [2.45, 2.75) is 0 Å². The third-order valence-corrected chi connectivity index (χ3v) is 3.36. The van der Waals surface area contributed by atoms with Gasteiger partial charge in [0.2, 0.25) is 5.88 Å². The third-order valence-electron chi connectivity index (χ3n) is 2.86. The summed E-state index contributed by atoms with van der Waals surface area (Å²) in [5.41, 5.74) is 0. The molecule has 0 aliphatic heterocycles. The Labute approximate surface area is 125 Å². The summed E-state index contributed by atoms with van der Waals surface area (Å²) in [5, 5.41) is 5.20. The average Bonchev–Trinajstić information content (AvgIpc) is 2.47. The van der Waals surface area contributed by atoms with Crippen LogP contribution in [0.15, 0.2) is 53.3 Å². The summed E-state index contributed by atoms with van der Waals surface area (Å²) < 4.78 is 6.80. The van der Waals surface area contributed by atoms with Crippen LogP contribution in [0.1, 0.15) is 0 Å². The van der Waals surface area contributed by atoms with E-state index in [0.717, 1.165) is 21.0 Å². The highest BCUT2D eigenvalue weighted by atomic mass is 79.9. The van der Waals surface area contributed by atoms with E-state index in [-0.39, 0.29) is 0 Å². The smallest absolute Gasteiger partial charge is 0.239 e. The van der Waals surface area contributed by atoms with Gasteiger partial charge in [0.25, 0.3) is 0 Å². The quantitative estimate of drug-likeness (QED) is 0.781. The summed E-state index contributed by atoms with van der Waals surface area (Å²) >= 11 is 3.46. The van der Waals surface area contributed by atoms with Crippen LogP contribution in [0.2, 0.25) is 0 Å². The minimum Gasteiger partial charge on any atom is -0.437 e. The lowest BCUT2D eigenvalue weighted by Gasteiger charge is -2.07. The molecule has 1 N–H and O–H groups in total. The topological polar surface area (TPSA) is 47.0 Å². The van der Waals surface area contributed by atoms with E-state index >= 15 is 0 Å². The molecule has 4 nitrogen and oxygen atoms in total. The molecule has 0 saturated carbocycles. The molecular formula is C15H12BrN3O. The Morgan fingerprint density at radius 3 is 2.70 bits per heavy atom. The van der Waals surface area contributed by atoms with Gasteiger partial charge >= 0.3 is 0 Å². The van der Waals surface area contributed by atoms with Crippen LogP contribution in [-0.4, -0.2) is 17.0 Å². The summed E-state index contributed by atoms with van der Waals surface area (Å²) in [6, 6.07) is 12.0. The van der Waals surface area contributed by atoms with Crippen molar-refractivity contribution >= 4 is 32.5 Å². The summed E-state index contributed by atoms with van der Waals surface area (Å²) in [6.45, 7) is 0. The van der Waals surface area contributed by atoms with Gasteiger partial charge in [0.1, 0.15) is 11.6 Å². The lowest BCUT2D eigenvalue weighted by Crippen LogP contribution is -1.95. The van der Waals surface area contributed by atoms with Crippen LogP contribution in [0.3, 0.4) is 0 Å². The Bertz CT molecular complexity index is 761. The molecule has 20 heavy (non-hydrogen) atoms. The molecule has 2 aromatic carbocycles. The first-order valence-electron chi connectivity index (χ1n) is 6.11. The van der Waals surface area contributed by atoms with Crippen LogP contribution in [0.5, 0.6) is 11.6 Å². The molecule has 3 rings (SSSR count). The fourth-order valence-corrected chi connectivity index (χ4v) is 2.28. The minimum atomic E-state index is 0.466. The largest absolute Gasteiger partial charge is 0.437 e. The maximum Gasteiger partial charge on any atom is 0.239 e. The van der Waals surface area contributed by atoms with Crippen molar-refractivity contribution in [3.05, 3.63) is 53.3 Å². The molecule has 1 heterocycles. The van der Waals surface area contributed by atoms with Gasteiger partial charge < -0.3 is 10.1 Å². The standard InChI is InChI=1S/C15H12BrN3O/c1-17-14-8-18-9-15(19-14)20-13-5-3-10-6-12(16)4-2-11(10)7-13/h2-9H,1H3,(H,17,19). The van der Waals surface area contributed by atoms with Crippen molar-refractivity contribution in [2.24, 2.45) is 0 Å². The first-order valence-corrected chi connectivity index (χ1v) is 6.91. The molecule has 3 aromatic rings. The van der Waals surface area contributed by atoms with Gasteiger partial charge in [0.15, 0.2) is 0 Å². The van der Waals surface area contributed by atoms with E-state index in [1.807, 2.05) is 30.3 Å². The first-order chi connectivity index (χ1) is 9.74. The molecule has 0 amide bonds. The summed E-state index contributed by atoms with van der Waals surface area (Å²) in [6.07, 6.45) is 3.23. The number of hydrogen-bond acceptors (Lipinski definition) is 4. The zero-order valence-corrected chi connectivity index (χ0v) is 12.4. The second-order valence-corrected chi connectivity index (χ2v) is 5.16. The zero-order valence-electron chi connectivity index (χ0n) is 10.8. The summed E-state index contributed by atoms with van der Waals surface area (Å²) in [4.78, 5) is 8.35. The number of halogens is 1. The Hall–Kier alpha value is -2.14. The van der Waals surface area contributed by atoms with Gasteiger partial charge in [-0.2, -0.15) is 4.98 Å². The number of anilines is 1. The number of nitrogens with zero attached hydrogens (tertiary/aromatic N) is 2.